The summed E-state index contributed by atoms with van der Waals surface area (Å²) < 4.78 is 6.37. The molecule has 0 fully saturated rings. The van der Waals surface area contributed by atoms with Crippen LogP contribution in [0.2, 0.25) is 0 Å². The van der Waals surface area contributed by atoms with Crippen molar-refractivity contribution in [1.29, 1.82) is 0 Å². The predicted octanol–water partition coefficient (Wildman–Crippen LogP) is 14.5. The lowest BCUT2D eigenvalue weighted by molar-refractivity contribution is 0.669. The first-order chi connectivity index (χ1) is 26.1. The van der Waals surface area contributed by atoms with Crippen LogP contribution in [0.25, 0.3) is 66.4 Å². The molecule has 254 valence electrons. The molecule has 0 saturated heterocycles. The zero-order valence-electron chi connectivity index (χ0n) is 29.7. The van der Waals surface area contributed by atoms with Crippen molar-refractivity contribution in [3.8, 4) is 44.5 Å². The number of hydrogen-bond acceptors (Lipinski definition) is 2. The Labute approximate surface area is 311 Å². The van der Waals surface area contributed by atoms with Gasteiger partial charge >= 0.3 is 0 Å². The minimum Gasteiger partial charge on any atom is -0.456 e. The third-order valence-electron chi connectivity index (χ3n) is 10.8. The molecule has 1 aromatic heterocycles. The first-order valence-corrected chi connectivity index (χ1v) is 20.5. The molecule has 2 heterocycles. The fourth-order valence-corrected chi connectivity index (χ4v) is 10.9. The van der Waals surface area contributed by atoms with E-state index in [1.54, 1.807) is 0 Å². The zero-order chi connectivity index (χ0) is 35.5. The zero-order valence-corrected chi connectivity index (χ0v) is 30.5. The van der Waals surface area contributed by atoms with Crippen molar-refractivity contribution in [2.75, 3.05) is 17.4 Å². The third-order valence-corrected chi connectivity index (χ3v) is 13.7. The van der Waals surface area contributed by atoms with Crippen LogP contribution in [0.3, 0.4) is 0 Å². The van der Waals surface area contributed by atoms with Gasteiger partial charge < -0.3 is 9.32 Å². The summed E-state index contributed by atoms with van der Waals surface area (Å²) in [6.07, 6.45) is 4.88. The van der Waals surface area contributed by atoms with Crippen LogP contribution in [0, 0.1) is 0 Å². The molecule has 1 aliphatic rings. The molecule has 8 aromatic carbocycles. The normalized spacial score (nSPS) is 13.5. The van der Waals surface area contributed by atoms with E-state index in [4.69, 9.17) is 4.42 Å². The first-order valence-electron chi connectivity index (χ1n) is 18.1. The predicted molar refractivity (Wildman–Crippen MR) is 226 cm³/mol. The number of nitrogens with zero attached hydrogens (tertiary/aromatic N) is 1. The smallest absolute Gasteiger partial charge is 0.135 e. The van der Waals surface area contributed by atoms with Crippen molar-refractivity contribution < 1.29 is 4.42 Å². The van der Waals surface area contributed by atoms with E-state index >= 15 is 0 Å². The second-order valence-corrected chi connectivity index (χ2v) is 17.6. The fraction of sp³-hybridized carbons (Fsp3) is 0.0400. The van der Waals surface area contributed by atoms with E-state index in [2.05, 4.69) is 199 Å². The van der Waals surface area contributed by atoms with Crippen molar-refractivity contribution in [1.82, 2.24) is 0 Å². The van der Waals surface area contributed by atoms with Gasteiger partial charge in [-0.25, -0.2) is 0 Å². The molecule has 0 spiro atoms. The molecule has 53 heavy (non-hydrogen) atoms. The standard InChI is InChI=1S/C50H37NOS/c1-53(2)47-29-14-12-24-41(47)50-44(27-16-30-48(50)53)51(36-31-32-46-42(33-36)39-22-11-13-28-45(39)52-46)43-26-15-25-38(35-19-7-4-8-20-35)49(43)40-23-10-9-21-37(40)34-17-5-3-6-18-34/h3-33H,1-2H3. The summed E-state index contributed by atoms with van der Waals surface area (Å²) in [6, 6.07) is 68.2. The summed E-state index contributed by atoms with van der Waals surface area (Å²) in [7, 11) is -1.24. The van der Waals surface area contributed by atoms with Gasteiger partial charge in [-0.3, -0.25) is 0 Å². The maximum Gasteiger partial charge on any atom is 0.135 e. The molecule has 2 nitrogen and oxygen atoms in total. The Morgan fingerprint density at radius 1 is 0.396 bits per heavy atom. The molecule has 0 radical (unpaired) electrons. The summed E-state index contributed by atoms with van der Waals surface area (Å²) in [6.45, 7) is 0. The first kappa shape index (κ1) is 31.4. The summed E-state index contributed by atoms with van der Waals surface area (Å²) in [5.41, 5.74) is 14.9. The maximum atomic E-state index is 6.37. The largest absolute Gasteiger partial charge is 0.456 e. The Bertz CT molecular complexity index is 2820. The highest BCUT2D eigenvalue weighted by Gasteiger charge is 2.35. The number of hydrogen-bond donors (Lipinski definition) is 0. The van der Waals surface area contributed by atoms with Gasteiger partial charge in [0, 0.05) is 37.4 Å². The molecule has 0 atom stereocenters. The average molecular weight is 700 g/mol. The molecule has 0 aliphatic carbocycles. The van der Waals surface area contributed by atoms with E-state index in [1.165, 1.54) is 60.0 Å². The third kappa shape index (κ3) is 5.03. The van der Waals surface area contributed by atoms with Crippen molar-refractivity contribution >= 4 is 49.0 Å². The van der Waals surface area contributed by atoms with E-state index in [9.17, 15) is 0 Å². The second-order valence-electron chi connectivity index (χ2n) is 14.1. The Kier molecular flexibility index (Phi) is 7.38. The Hall–Kier alpha value is -6.29. The molecule has 0 unspecified atom stereocenters. The minimum absolute atomic E-state index is 0.886. The quantitative estimate of drug-likeness (QED) is 0.172. The van der Waals surface area contributed by atoms with Gasteiger partial charge in [0.2, 0.25) is 0 Å². The second kappa shape index (κ2) is 12.4. The minimum atomic E-state index is -1.24. The topological polar surface area (TPSA) is 16.4 Å². The summed E-state index contributed by atoms with van der Waals surface area (Å²) in [5, 5.41) is 2.22. The van der Waals surface area contributed by atoms with Gasteiger partial charge in [-0.2, -0.15) is 10.0 Å². The summed E-state index contributed by atoms with van der Waals surface area (Å²) >= 11 is 0. The molecule has 3 heteroatoms. The number of rotatable bonds is 6. The van der Waals surface area contributed by atoms with Crippen LogP contribution < -0.4 is 4.90 Å². The Morgan fingerprint density at radius 2 is 0.943 bits per heavy atom. The number of benzene rings is 8. The highest BCUT2D eigenvalue weighted by Crippen LogP contribution is 2.69. The number of anilines is 3. The van der Waals surface area contributed by atoms with Crippen LogP contribution in [0.1, 0.15) is 0 Å². The van der Waals surface area contributed by atoms with Crippen molar-refractivity contribution in [3.05, 3.63) is 188 Å². The molecular formula is C50H37NOS. The van der Waals surface area contributed by atoms with E-state index in [0.717, 1.165) is 33.3 Å². The molecule has 10 rings (SSSR count). The van der Waals surface area contributed by atoms with Gasteiger partial charge in [0.05, 0.1) is 11.4 Å². The van der Waals surface area contributed by atoms with Gasteiger partial charge in [-0.05, 0) is 94.4 Å². The van der Waals surface area contributed by atoms with Crippen LogP contribution in [0.5, 0.6) is 0 Å². The highest BCUT2D eigenvalue weighted by atomic mass is 32.3. The monoisotopic (exact) mass is 699 g/mol. The van der Waals surface area contributed by atoms with Gasteiger partial charge in [-0.15, -0.1) is 0 Å². The molecule has 1 aliphatic heterocycles. The molecular weight excluding hydrogens is 663 g/mol. The van der Waals surface area contributed by atoms with Gasteiger partial charge in [0.25, 0.3) is 0 Å². The highest BCUT2D eigenvalue weighted by molar-refractivity contribution is 8.33. The SMILES string of the molecule is CS1(C)c2ccccc2-c2c(N(c3ccc4oc5ccccc5c4c3)c3cccc(-c4ccccc4)c3-c3ccccc3-c3ccccc3)cccc21. The average Bonchev–Trinajstić information content (AvgIpc) is 3.70. The fourth-order valence-electron chi connectivity index (χ4n) is 8.34. The van der Waals surface area contributed by atoms with Gasteiger partial charge in [0.1, 0.15) is 11.2 Å². The van der Waals surface area contributed by atoms with Gasteiger partial charge in [0.15, 0.2) is 0 Å². The Morgan fingerprint density at radius 3 is 1.72 bits per heavy atom. The van der Waals surface area contributed by atoms with Crippen LogP contribution >= 0.6 is 10.0 Å². The van der Waals surface area contributed by atoms with Crippen LogP contribution in [-0.4, -0.2) is 12.5 Å². The van der Waals surface area contributed by atoms with E-state index in [-0.39, 0.29) is 0 Å². The number of furan rings is 1. The van der Waals surface area contributed by atoms with E-state index < -0.39 is 10.0 Å². The molecule has 0 N–H and O–H groups in total. The summed E-state index contributed by atoms with van der Waals surface area (Å²) in [5.74, 6) is 0. The van der Waals surface area contributed by atoms with Gasteiger partial charge in [-0.1, -0.05) is 140 Å². The van der Waals surface area contributed by atoms with Crippen LogP contribution in [0.15, 0.2) is 202 Å². The van der Waals surface area contributed by atoms with Crippen molar-refractivity contribution in [2.24, 2.45) is 0 Å². The maximum absolute atomic E-state index is 6.37. The Balaban J connectivity index is 1.33. The lowest BCUT2D eigenvalue weighted by atomic mass is 9.87. The van der Waals surface area contributed by atoms with Crippen LogP contribution in [-0.2, 0) is 0 Å². The van der Waals surface area contributed by atoms with E-state index in [0.29, 0.717) is 0 Å². The summed E-state index contributed by atoms with van der Waals surface area (Å²) in [4.78, 5) is 5.37. The molecule has 9 aromatic rings. The molecule has 0 amide bonds. The van der Waals surface area contributed by atoms with E-state index in [1.807, 2.05) is 6.07 Å². The molecule has 0 saturated carbocycles. The van der Waals surface area contributed by atoms with Crippen molar-refractivity contribution in [3.63, 3.8) is 0 Å². The number of fused-ring (bicyclic) bond motifs is 6. The van der Waals surface area contributed by atoms with Crippen LogP contribution in [0.4, 0.5) is 17.1 Å². The van der Waals surface area contributed by atoms with Crippen molar-refractivity contribution in [2.45, 2.75) is 9.79 Å². The molecule has 0 bridgehead atoms. The lowest BCUT2D eigenvalue weighted by Crippen LogP contribution is -2.13. The lowest BCUT2D eigenvalue weighted by Gasteiger charge is -2.32. The number of para-hydroxylation sites is 1.